The number of aromatic nitrogens is 1. The highest BCUT2D eigenvalue weighted by atomic mass is 16.5. The lowest BCUT2D eigenvalue weighted by molar-refractivity contribution is 0.0937. The second kappa shape index (κ2) is 8.70. The Hall–Kier alpha value is -2.30. The van der Waals surface area contributed by atoms with Crippen LogP contribution in [0.25, 0.3) is 0 Å². The molecule has 0 saturated heterocycles. The Bertz CT molecular complexity index is 670. The van der Waals surface area contributed by atoms with Crippen LogP contribution in [0, 0.1) is 19.8 Å². The number of hydrogen-bond acceptors (Lipinski definition) is 4. The number of rotatable bonds is 8. The van der Waals surface area contributed by atoms with Crippen LogP contribution in [0.4, 0.5) is 0 Å². The first kappa shape index (κ1) is 19.0. The molecule has 25 heavy (non-hydrogen) atoms. The molecule has 0 aliphatic carbocycles. The van der Waals surface area contributed by atoms with Crippen LogP contribution >= 0.6 is 0 Å². The van der Waals surface area contributed by atoms with Crippen LogP contribution in [0.1, 0.15) is 61.0 Å². The van der Waals surface area contributed by atoms with Gasteiger partial charge in [-0.15, -0.1) is 0 Å². The van der Waals surface area contributed by atoms with E-state index in [0.717, 1.165) is 29.9 Å². The SMILES string of the molecule is Cc1noc(C)c1COc1ccc(C(=O)NC(C)CCC(C)C)cc1. The van der Waals surface area contributed by atoms with E-state index in [2.05, 4.69) is 24.3 Å². The third-order valence-electron chi connectivity index (χ3n) is 4.24. The van der Waals surface area contributed by atoms with Crippen LogP contribution in [-0.2, 0) is 6.61 Å². The van der Waals surface area contributed by atoms with Crippen molar-refractivity contribution in [2.75, 3.05) is 0 Å². The third kappa shape index (κ3) is 5.62. The second-order valence-corrected chi connectivity index (χ2v) is 6.96. The zero-order valence-corrected chi connectivity index (χ0v) is 15.8. The molecule has 2 aromatic rings. The van der Waals surface area contributed by atoms with Gasteiger partial charge < -0.3 is 14.6 Å². The summed E-state index contributed by atoms with van der Waals surface area (Å²) in [5.74, 6) is 2.08. The summed E-state index contributed by atoms with van der Waals surface area (Å²) >= 11 is 0. The number of nitrogens with one attached hydrogen (secondary N) is 1. The number of carbonyl (C=O) groups excluding carboxylic acids is 1. The van der Waals surface area contributed by atoms with Gasteiger partial charge in [-0.05, 0) is 63.8 Å². The lowest BCUT2D eigenvalue weighted by Crippen LogP contribution is -2.32. The van der Waals surface area contributed by atoms with Gasteiger partial charge >= 0.3 is 0 Å². The summed E-state index contributed by atoms with van der Waals surface area (Å²) in [6.07, 6.45) is 2.10. The highest BCUT2D eigenvalue weighted by molar-refractivity contribution is 5.94. The molecule has 1 amide bonds. The molecule has 0 aliphatic heterocycles. The lowest BCUT2D eigenvalue weighted by atomic mass is 10.0. The van der Waals surface area contributed by atoms with Crippen molar-refractivity contribution >= 4 is 5.91 Å². The van der Waals surface area contributed by atoms with Crippen molar-refractivity contribution in [2.45, 2.75) is 60.1 Å². The Kier molecular flexibility index (Phi) is 6.62. The Labute approximate surface area is 149 Å². The predicted octanol–water partition coefficient (Wildman–Crippen LogP) is 4.42. The van der Waals surface area contributed by atoms with Crippen molar-refractivity contribution in [3.8, 4) is 5.75 Å². The molecule has 136 valence electrons. The van der Waals surface area contributed by atoms with Crippen LogP contribution in [0.2, 0.25) is 0 Å². The van der Waals surface area contributed by atoms with Gasteiger partial charge in [0, 0.05) is 11.6 Å². The van der Waals surface area contributed by atoms with Crippen LogP contribution in [0.5, 0.6) is 5.75 Å². The van der Waals surface area contributed by atoms with E-state index in [1.165, 1.54) is 0 Å². The Morgan fingerprint density at radius 2 is 1.84 bits per heavy atom. The van der Waals surface area contributed by atoms with Crippen molar-refractivity contribution in [3.63, 3.8) is 0 Å². The first-order valence-electron chi connectivity index (χ1n) is 8.82. The minimum atomic E-state index is -0.0477. The number of aryl methyl sites for hydroxylation is 2. The molecule has 1 heterocycles. The molecule has 0 aliphatic rings. The van der Waals surface area contributed by atoms with E-state index in [-0.39, 0.29) is 11.9 Å². The number of amides is 1. The van der Waals surface area contributed by atoms with E-state index in [0.29, 0.717) is 23.8 Å². The highest BCUT2D eigenvalue weighted by Crippen LogP contribution is 2.18. The molecular weight excluding hydrogens is 316 g/mol. The van der Waals surface area contributed by atoms with E-state index in [9.17, 15) is 4.79 Å². The van der Waals surface area contributed by atoms with Gasteiger partial charge in [-0.1, -0.05) is 19.0 Å². The van der Waals surface area contributed by atoms with Crippen molar-refractivity contribution in [1.82, 2.24) is 10.5 Å². The first-order valence-corrected chi connectivity index (χ1v) is 8.82. The molecule has 5 heteroatoms. The van der Waals surface area contributed by atoms with Gasteiger partial charge in [0.2, 0.25) is 0 Å². The van der Waals surface area contributed by atoms with Crippen LogP contribution in [-0.4, -0.2) is 17.1 Å². The van der Waals surface area contributed by atoms with E-state index in [4.69, 9.17) is 9.26 Å². The van der Waals surface area contributed by atoms with Crippen LogP contribution in [0.15, 0.2) is 28.8 Å². The monoisotopic (exact) mass is 344 g/mol. The van der Waals surface area contributed by atoms with Gasteiger partial charge in [0.05, 0.1) is 11.3 Å². The molecule has 0 radical (unpaired) electrons. The van der Waals surface area contributed by atoms with Crippen molar-refractivity contribution < 1.29 is 14.1 Å². The Balaban J connectivity index is 1.87. The number of nitrogens with zero attached hydrogens (tertiary/aromatic N) is 1. The molecular formula is C20H28N2O3. The third-order valence-corrected chi connectivity index (χ3v) is 4.24. The highest BCUT2D eigenvalue weighted by Gasteiger charge is 2.12. The zero-order chi connectivity index (χ0) is 18.4. The maximum atomic E-state index is 12.3. The molecule has 0 bridgehead atoms. The predicted molar refractivity (Wildman–Crippen MR) is 97.8 cm³/mol. The fourth-order valence-corrected chi connectivity index (χ4v) is 2.53. The number of carbonyl (C=O) groups is 1. The molecule has 1 atom stereocenters. The molecule has 0 saturated carbocycles. The minimum Gasteiger partial charge on any atom is -0.489 e. The standard InChI is InChI=1S/C20H28N2O3/c1-13(2)6-7-14(3)21-20(23)17-8-10-18(11-9-17)24-12-19-15(4)22-25-16(19)5/h8-11,13-14H,6-7,12H2,1-5H3,(H,21,23). The Morgan fingerprint density at radius 3 is 2.40 bits per heavy atom. The largest absolute Gasteiger partial charge is 0.489 e. The molecule has 0 spiro atoms. The Morgan fingerprint density at radius 1 is 1.16 bits per heavy atom. The maximum Gasteiger partial charge on any atom is 0.251 e. The van der Waals surface area contributed by atoms with Crippen molar-refractivity contribution in [1.29, 1.82) is 0 Å². The molecule has 1 unspecified atom stereocenters. The number of hydrogen-bond donors (Lipinski definition) is 1. The normalized spacial score (nSPS) is 12.2. The number of benzene rings is 1. The molecule has 0 fully saturated rings. The van der Waals surface area contributed by atoms with Crippen molar-refractivity contribution in [3.05, 3.63) is 46.8 Å². The fraction of sp³-hybridized carbons (Fsp3) is 0.500. The topological polar surface area (TPSA) is 64.4 Å². The quantitative estimate of drug-likeness (QED) is 0.769. The van der Waals surface area contributed by atoms with Gasteiger partial charge in [0.1, 0.15) is 18.1 Å². The lowest BCUT2D eigenvalue weighted by Gasteiger charge is -2.15. The van der Waals surface area contributed by atoms with Gasteiger partial charge in [-0.2, -0.15) is 0 Å². The summed E-state index contributed by atoms with van der Waals surface area (Å²) in [7, 11) is 0. The summed E-state index contributed by atoms with van der Waals surface area (Å²) in [4.78, 5) is 12.3. The summed E-state index contributed by atoms with van der Waals surface area (Å²) in [5, 5.41) is 6.95. The van der Waals surface area contributed by atoms with Gasteiger partial charge in [0.25, 0.3) is 5.91 Å². The fourth-order valence-electron chi connectivity index (χ4n) is 2.53. The summed E-state index contributed by atoms with van der Waals surface area (Å²) in [6.45, 7) is 10.6. The first-order chi connectivity index (χ1) is 11.9. The van der Waals surface area contributed by atoms with Crippen LogP contribution < -0.4 is 10.1 Å². The summed E-state index contributed by atoms with van der Waals surface area (Å²) in [5.41, 5.74) is 2.44. The minimum absolute atomic E-state index is 0.0477. The number of ether oxygens (including phenoxy) is 1. The molecule has 5 nitrogen and oxygen atoms in total. The average molecular weight is 344 g/mol. The second-order valence-electron chi connectivity index (χ2n) is 6.96. The van der Waals surface area contributed by atoms with Gasteiger partial charge in [-0.25, -0.2) is 0 Å². The summed E-state index contributed by atoms with van der Waals surface area (Å²) in [6, 6.07) is 7.36. The maximum absolute atomic E-state index is 12.3. The zero-order valence-electron chi connectivity index (χ0n) is 15.8. The molecule has 1 N–H and O–H groups in total. The molecule has 1 aromatic heterocycles. The molecule has 1 aromatic carbocycles. The van der Waals surface area contributed by atoms with E-state index < -0.39 is 0 Å². The smallest absolute Gasteiger partial charge is 0.251 e. The summed E-state index contributed by atoms with van der Waals surface area (Å²) < 4.78 is 10.9. The van der Waals surface area contributed by atoms with Crippen LogP contribution in [0.3, 0.4) is 0 Å². The van der Waals surface area contributed by atoms with E-state index >= 15 is 0 Å². The van der Waals surface area contributed by atoms with E-state index in [1.54, 1.807) is 12.1 Å². The average Bonchev–Trinajstić information content (AvgIpc) is 2.90. The van der Waals surface area contributed by atoms with Gasteiger partial charge in [-0.3, -0.25) is 4.79 Å². The van der Waals surface area contributed by atoms with E-state index in [1.807, 2.05) is 32.9 Å². The van der Waals surface area contributed by atoms with Crippen molar-refractivity contribution in [2.24, 2.45) is 5.92 Å². The molecule has 2 rings (SSSR count). The van der Waals surface area contributed by atoms with Gasteiger partial charge in [0.15, 0.2) is 0 Å².